The van der Waals surface area contributed by atoms with Crippen LogP contribution < -0.4 is 0 Å². The Bertz CT molecular complexity index is 1130. The quantitative estimate of drug-likeness (QED) is 0.424. The van der Waals surface area contributed by atoms with Gasteiger partial charge in [-0.3, -0.25) is 10.1 Å². The summed E-state index contributed by atoms with van der Waals surface area (Å²) in [5.41, 5.74) is 8.10. The lowest BCUT2D eigenvalue weighted by molar-refractivity contribution is 0.306. The molecular weight excluding hydrogens is 402 g/mol. The van der Waals surface area contributed by atoms with Crippen LogP contribution in [0, 0.1) is 24.7 Å². The lowest BCUT2D eigenvalue weighted by Gasteiger charge is -2.29. The van der Waals surface area contributed by atoms with Gasteiger partial charge in [0, 0.05) is 30.3 Å². The van der Waals surface area contributed by atoms with Crippen molar-refractivity contribution in [3.05, 3.63) is 40.1 Å². The fourth-order valence-electron chi connectivity index (χ4n) is 4.70. The maximum atomic E-state index is 7.87. The van der Waals surface area contributed by atoms with E-state index in [0.717, 1.165) is 48.1 Å². The molecule has 1 aliphatic rings. The Hall–Kier alpha value is -2.96. The van der Waals surface area contributed by atoms with Gasteiger partial charge in [-0.25, -0.2) is 0 Å². The van der Waals surface area contributed by atoms with Crippen LogP contribution in [0.4, 0.5) is 0 Å². The molecule has 7 heteroatoms. The zero-order valence-corrected chi connectivity index (χ0v) is 20.0. The van der Waals surface area contributed by atoms with Crippen molar-refractivity contribution in [3.63, 3.8) is 0 Å². The Morgan fingerprint density at radius 2 is 1.97 bits per heavy atom. The molecular formula is C25H33N5O2. The second kappa shape index (κ2) is 8.52. The number of aromatic nitrogens is 4. The van der Waals surface area contributed by atoms with Crippen LogP contribution in [0.5, 0.6) is 0 Å². The molecule has 2 heterocycles. The number of rotatable bonds is 6. The van der Waals surface area contributed by atoms with Gasteiger partial charge in [-0.2, -0.15) is 10.1 Å². The van der Waals surface area contributed by atoms with Crippen LogP contribution in [-0.4, -0.2) is 32.4 Å². The molecule has 0 radical (unpaired) electrons. The van der Waals surface area contributed by atoms with Gasteiger partial charge in [-0.15, -0.1) is 0 Å². The summed E-state index contributed by atoms with van der Waals surface area (Å²) in [6, 6.07) is 4.19. The molecule has 1 aromatic carbocycles. The van der Waals surface area contributed by atoms with E-state index in [1.807, 2.05) is 18.7 Å². The van der Waals surface area contributed by atoms with Crippen molar-refractivity contribution in [2.24, 2.45) is 12.5 Å². The highest BCUT2D eigenvalue weighted by Crippen LogP contribution is 2.38. The number of ether oxygens (including phenoxy) is 1. The van der Waals surface area contributed by atoms with Crippen molar-refractivity contribution < 1.29 is 9.26 Å². The summed E-state index contributed by atoms with van der Waals surface area (Å²) in [5, 5.41) is 16.9. The summed E-state index contributed by atoms with van der Waals surface area (Å²) in [6.45, 7) is 11.2. The lowest BCUT2D eigenvalue weighted by Crippen LogP contribution is -2.23. The Morgan fingerprint density at radius 3 is 2.66 bits per heavy atom. The van der Waals surface area contributed by atoms with E-state index in [-0.39, 0.29) is 5.41 Å². The number of nitrogens with zero attached hydrogens (tertiary/aromatic N) is 4. The molecule has 0 amide bonds. The molecule has 0 atom stereocenters. The molecule has 0 spiro atoms. The van der Waals surface area contributed by atoms with Gasteiger partial charge >= 0.3 is 0 Å². The number of hydrogen-bond acceptors (Lipinski definition) is 6. The summed E-state index contributed by atoms with van der Waals surface area (Å²) in [6.07, 6.45) is 4.49. The fraction of sp³-hybridized carbons (Fsp3) is 0.520. The molecule has 7 nitrogen and oxygen atoms in total. The van der Waals surface area contributed by atoms with Crippen molar-refractivity contribution >= 4 is 5.90 Å². The normalized spacial score (nSPS) is 14.9. The largest absolute Gasteiger partial charge is 0.481 e. The first-order valence-corrected chi connectivity index (χ1v) is 11.4. The van der Waals surface area contributed by atoms with E-state index < -0.39 is 0 Å². The van der Waals surface area contributed by atoms with Gasteiger partial charge in [-0.05, 0) is 80.7 Å². The van der Waals surface area contributed by atoms with Gasteiger partial charge in [0.05, 0.1) is 6.61 Å². The molecule has 170 valence electrons. The topological polar surface area (TPSA) is 89.8 Å². The van der Waals surface area contributed by atoms with E-state index in [1.54, 1.807) is 0 Å². The summed E-state index contributed by atoms with van der Waals surface area (Å²) < 4.78 is 12.9. The Labute approximate surface area is 189 Å². The molecule has 0 saturated heterocycles. The third-order valence-corrected chi connectivity index (χ3v) is 6.48. The maximum absolute atomic E-state index is 7.87. The predicted molar refractivity (Wildman–Crippen MR) is 125 cm³/mol. The molecule has 0 fully saturated rings. The Balaban J connectivity index is 1.59. The van der Waals surface area contributed by atoms with Crippen molar-refractivity contribution in [2.45, 2.75) is 66.7 Å². The number of hydrogen-bond donors (Lipinski definition) is 1. The molecule has 0 saturated carbocycles. The second-order valence-corrected chi connectivity index (χ2v) is 9.61. The van der Waals surface area contributed by atoms with Gasteiger partial charge in [0.2, 0.25) is 5.82 Å². The zero-order chi connectivity index (χ0) is 23.0. The summed E-state index contributed by atoms with van der Waals surface area (Å²) in [5.74, 6) is 1.40. The van der Waals surface area contributed by atoms with Crippen molar-refractivity contribution in [1.29, 1.82) is 5.41 Å². The Kier molecular flexibility index (Phi) is 5.93. The standard InChI is InChI=1S/C25H33N5O2/c1-7-31-21(26)9-8-18-15(2)12-17(13-16(18)3)23-27-24(32-29-23)22-19-10-11-25(4,5)14-20(19)30(6)28-22/h12-13,26H,7-11,14H2,1-6H3. The SMILES string of the molecule is CCOC(=N)CCc1c(C)cc(-c2noc(-c3nn(C)c4c3CCC(C)(C)C4)n2)cc1C. The monoisotopic (exact) mass is 435 g/mol. The van der Waals surface area contributed by atoms with E-state index in [1.165, 1.54) is 16.8 Å². The zero-order valence-electron chi connectivity index (χ0n) is 20.0. The molecule has 1 N–H and O–H groups in total. The first-order valence-electron chi connectivity index (χ1n) is 11.4. The summed E-state index contributed by atoms with van der Waals surface area (Å²) in [7, 11) is 2.00. The highest BCUT2D eigenvalue weighted by Gasteiger charge is 2.32. The van der Waals surface area contributed by atoms with Crippen molar-refractivity contribution in [1.82, 2.24) is 19.9 Å². The van der Waals surface area contributed by atoms with E-state index in [0.29, 0.717) is 30.6 Å². The second-order valence-electron chi connectivity index (χ2n) is 9.61. The van der Waals surface area contributed by atoms with Gasteiger partial charge in [-0.1, -0.05) is 19.0 Å². The molecule has 1 aliphatic carbocycles. The third kappa shape index (κ3) is 4.33. The van der Waals surface area contributed by atoms with Crippen molar-refractivity contribution in [3.8, 4) is 23.0 Å². The van der Waals surface area contributed by atoms with Gasteiger partial charge in [0.1, 0.15) is 0 Å². The van der Waals surface area contributed by atoms with Crippen LogP contribution in [0.3, 0.4) is 0 Å². The van der Waals surface area contributed by atoms with Gasteiger partial charge in [0.15, 0.2) is 11.6 Å². The predicted octanol–water partition coefficient (Wildman–Crippen LogP) is 5.22. The van der Waals surface area contributed by atoms with E-state index in [4.69, 9.17) is 24.8 Å². The third-order valence-electron chi connectivity index (χ3n) is 6.48. The van der Waals surface area contributed by atoms with E-state index in [2.05, 4.69) is 45.0 Å². The van der Waals surface area contributed by atoms with E-state index >= 15 is 0 Å². The minimum absolute atomic E-state index is 0.288. The van der Waals surface area contributed by atoms with E-state index in [9.17, 15) is 0 Å². The Morgan fingerprint density at radius 1 is 1.25 bits per heavy atom. The van der Waals surface area contributed by atoms with Gasteiger partial charge < -0.3 is 9.26 Å². The number of aryl methyl sites for hydroxylation is 3. The van der Waals surface area contributed by atoms with Crippen molar-refractivity contribution in [2.75, 3.05) is 6.61 Å². The molecule has 0 bridgehead atoms. The average molecular weight is 436 g/mol. The van der Waals surface area contributed by atoms with Crippen LogP contribution in [0.1, 0.15) is 61.6 Å². The molecule has 2 aromatic heterocycles. The number of nitrogens with one attached hydrogen (secondary N) is 1. The number of benzene rings is 1. The maximum Gasteiger partial charge on any atom is 0.279 e. The first kappa shape index (κ1) is 22.2. The van der Waals surface area contributed by atoms with Gasteiger partial charge in [0.25, 0.3) is 5.89 Å². The highest BCUT2D eigenvalue weighted by molar-refractivity contribution is 5.73. The van der Waals surface area contributed by atoms with Crippen LogP contribution in [-0.2, 0) is 31.0 Å². The summed E-state index contributed by atoms with van der Waals surface area (Å²) in [4.78, 5) is 4.71. The fourth-order valence-corrected chi connectivity index (χ4v) is 4.70. The van der Waals surface area contributed by atoms with Crippen LogP contribution >= 0.6 is 0 Å². The molecule has 0 unspecified atom stereocenters. The molecule has 0 aliphatic heterocycles. The molecule has 4 rings (SSSR count). The molecule has 32 heavy (non-hydrogen) atoms. The minimum Gasteiger partial charge on any atom is -0.481 e. The first-order chi connectivity index (χ1) is 15.2. The van der Waals surface area contributed by atoms with Crippen LogP contribution in [0.2, 0.25) is 0 Å². The van der Waals surface area contributed by atoms with Crippen LogP contribution in [0.25, 0.3) is 23.0 Å². The lowest BCUT2D eigenvalue weighted by atomic mass is 9.76. The molecule has 3 aromatic rings. The summed E-state index contributed by atoms with van der Waals surface area (Å²) >= 11 is 0. The number of fused-ring (bicyclic) bond motifs is 1. The minimum atomic E-state index is 0.288. The smallest absolute Gasteiger partial charge is 0.279 e. The van der Waals surface area contributed by atoms with Crippen LogP contribution in [0.15, 0.2) is 16.7 Å². The average Bonchev–Trinajstić information content (AvgIpc) is 3.32. The highest BCUT2D eigenvalue weighted by atomic mass is 16.5.